The largest absolute Gasteiger partial charge is 0.381 e. The van der Waals surface area contributed by atoms with Gasteiger partial charge in [-0.1, -0.05) is 37.0 Å². The fraction of sp³-hybridized carbons (Fsp3) is 0.571. The molecule has 1 aromatic rings. The van der Waals surface area contributed by atoms with Crippen molar-refractivity contribution >= 4 is 28.9 Å². The van der Waals surface area contributed by atoms with E-state index >= 15 is 0 Å². The Morgan fingerprint density at radius 2 is 1.94 bits per heavy atom. The van der Waals surface area contributed by atoms with E-state index in [0.29, 0.717) is 12.0 Å². The Morgan fingerprint density at radius 1 is 1.18 bits per heavy atom. The highest BCUT2D eigenvalue weighted by molar-refractivity contribution is 6.35. The summed E-state index contributed by atoms with van der Waals surface area (Å²) < 4.78 is 0. The normalized spacial score (nSPS) is 29.1. The minimum Gasteiger partial charge on any atom is -0.381 e. The molecule has 1 aliphatic carbocycles. The molecule has 2 rings (SSSR count). The highest BCUT2D eigenvalue weighted by Crippen LogP contribution is 2.33. The molecule has 0 saturated heterocycles. The average Bonchev–Trinajstić information content (AvgIpc) is 2.27. The van der Waals surface area contributed by atoms with Crippen molar-refractivity contribution in [2.75, 3.05) is 5.32 Å². The maximum absolute atomic E-state index is 6.17. The topological polar surface area (TPSA) is 12.0 Å². The maximum Gasteiger partial charge on any atom is 0.0638 e. The van der Waals surface area contributed by atoms with Crippen molar-refractivity contribution in [3.63, 3.8) is 0 Å². The molecule has 0 aliphatic heterocycles. The fourth-order valence-corrected chi connectivity index (χ4v) is 3.03. The third kappa shape index (κ3) is 3.29. The van der Waals surface area contributed by atoms with Gasteiger partial charge < -0.3 is 5.32 Å². The lowest BCUT2D eigenvalue weighted by molar-refractivity contribution is 0.276. The summed E-state index contributed by atoms with van der Waals surface area (Å²) in [6, 6.07) is 6.10. The van der Waals surface area contributed by atoms with Gasteiger partial charge in [0.2, 0.25) is 0 Å². The van der Waals surface area contributed by atoms with Gasteiger partial charge in [0, 0.05) is 11.1 Å². The van der Waals surface area contributed by atoms with E-state index in [4.69, 9.17) is 23.2 Å². The van der Waals surface area contributed by atoms with Crippen LogP contribution in [0.2, 0.25) is 10.0 Å². The summed E-state index contributed by atoms with van der Waals surface area (Å²) in [6.45, 7) is 4.64. The Labute approximate surface area is 114 Å². The van der Waals surface area contributed by atoms with E-state index in [1.165, 1.54) is 19.3 Å². The summed E-state index contributed by atoms with van der Waals surface area (Å²) in [5, 5.41) is 5.02. The van der Waals surface area contributed by atoms with Crippen LogP contribution < -0.4 is 5.32 Å². The van der Waals surface area contributed by atoms with Gasteiger partial charge in [-0.15, -0.1) is 0 Å². The molecule has 3 atom stereocenters. The van der Waals surface area contributed by atoms with Crippen LogP contribution in [0, 0.1) is 11.8 Å². The molecule has 3 unspecified atom stereocenters. The fourth-order valence-electron chi connectivity index (χ4n) is 2.69. The summed E-state index contributed by atoms with van der Waals surface area (Å²) in [7, 11) is 0. The molecule has 1 fully saturated rings. The predicted molar refractivity (Wildman–Crippen MR) is 76.1 cm³/mol. The molecule has 1 saturated carbocycles. The second kappa shape index (κ2) is 5.49. The minimum absolute atomic E-state index is 0.516. The molecule has 0 spiro atoms. The summed E-state index contributed by atoms with van der Waals surface area (Å²) in [5.41, 5.74) is 0.963. The van der Waals surface area contributed by atoms with Crippen molar-refractivity contribution in [2.24, 2.45) is 11.8 Å². The first-order valence-corrected chi connectivity index (χ1v) is 7.03. The first kappa shape index (κ1) is 13.0. The van der Waals surface area contributed by atoms with Crippen LogP contribution in [0.25, 0.3) is 0 Å². The van der Waals surface area contributed by atoms with Crippen molar-refractivity contribution in [3.05, 3.63) is 28.2 Å². The molecule has 3 heteroatoms. The Kier molecular flexibility index (Phi) is 4.22. The van der Waals surface area contributed by atoms with Crippen molar-refractivity contribution in [1.29, 1.82) is 0 Å². The van der Waals surface area contributed by atoms with Crippen LogP contribution in [0.1, 0.15) is 33.1 Å². The van der Waals surface area contributed by atoms with Gasteiger partial charge >= 0.3 is 0 Å². The van der Waals surface area contributed by atoms with E-state index < -0.39 is 0 Å². The van der Waals surface area contributed by atoms with Gasteiger partial charge in [-0.05, 0) is 49.3 Å². The van der Waals surface area contributed by atoms with E-state index in [2.05, 4.69) is 19.2 Å². The summed E-state index contributed by atoms with van der Waals surface area (Å²) in [4.78, 5) is 0. The van der Waals surface area contributed by atoms with Gasteiger partial charge in [-0.2, -0.15) is 0 Å². The van der Waals surface area contributed by atoms with E-state index in [1.807, 2.05) is 18.2 Å². The summed E-state index contributed by atoms with van der Waals surface area (Å²) >= 11 is 12.2. The molecule has 1 aliphatic rings. The van der Waals surface area contributed by atoms with Gasteiger partial charge in [0.15, 0.2) is 0 Å². The van der Waals surface area contributed by atoms with Crippen LogP contribution in [-0.2, 0) is 0 Å². The first-order valence-electron chi connectivity index (χ1n) is 6.28. The third-order valence-electron chi connectivity index (χ3n) is 3.70. The molecule has 0 amide bonds. The first-order chi connectivity index (χ1) is 8.06. The van der Waals surface area contributed by atoms with Crippen LogP contribution in [-0.4, -0.2) is 6.04 Å². The number of halogens is 2. The van der Waals surface area contributed by atoms with Crippen molar-refractivity contribution in [3.8, 4) is 0 Å². The molecule has 1 aromatic carbocycles. The summed E-state index contributed by atoms with van der Waals surface area (Å²) in [6.07, 6.45) is 3.79. The molecule has 0 aromatic heterocycles. The molecular formula is C14H19Cl2N. The number of nitrogens with one attached hydrogen (secondary N) is 1. The Morgan fingerprint density at radius 3 is 2.65 bits per heavy atom. The van der Waals surface area contributed by atoms with Crippen molar-refractivity contribution in [1.82, 2.24) is 0 Å². The second-order valence-electron chi connectivity index (χ2n) is 5.27. The molecule has 1 N–H and O–H groups in total. The average molecular weight is 272 g/mol. The lowest BCUT2D eigenvalue weighted by Crippen LogP contribution is -2.33. The second-order valence-corrected chi connectivity index (χ2v) is 6.11. The van der Waals surface area contributed by atoms with Gasteiger partial charge in [-0.3, -0.25) is 0 Å². The Hall–Kier alpha value is -0.400. The minimum atomic E-state index is 0.516. The molecule has 0 heterocycles. The molecule has 0 bridgehead atoms. The van der Waals surface area contributed by atoms with Crippen LogP contribution in [0.15, 0.2) is 18.2 Å². The van der Waals surface area contributed by atoms with Gasteiger partial charge in [0.1, 0.15) is 0 Å². The van der Waals surface area contributed by atoms with Gasteiger partial charge in [0.05, 0.1) is 10.7 Å². The maximum atomic E-state index is 6.17. The number of anilines is 1. The molecule has 0 radical (unpaired) electrons. The highest BCUT2D eigenvalue weighted by Gasteiger charge is 2.25. The van der Waals surface area contributed by atoms with Crippen LogP contribution in [0.4, 0.5) is 5.69 Å². The lowest BCUT2D eigenvalue weighted by atomic mass is 9.80. The van der Waals surface area contributed by atoms with E-state index in [-0.39, 0.29) is 0 Å². The van der Waals surface area contributed by atoms with Crippen LogP contribution in [0.3, 0.4) is 0 Å². The zero-order chi connectivity index (χ0) is 12.4. The number of hydrogen-bond acceptors (Lipinski definition) is 1. The number of rotatable bonds is 2. The van der Waals surface area contributed by atoms with Gasteiger partial charge in [-0.25, -0.2) is 0 Å². The molecule has 1 nitrogen and oxygen atoms in total. The van der Waals surface area contributed by atoms with Gasteiger partial charge in [0.25, 0.3) is 0 Å². The van der Waals surface area contributed by atoms with E-state index in [0.717, 1.165) is 21.7 Å². The van der Waals surface area contributed by atoms with Crippen LogP contribution >= 0.6 is 23.2 Å². The smallest absolute Gasteiger partial charge is 0.0638 e. The zero-order valence-electron chi connectivity index (χ0n) is 10.3. The molecule has 94 valence electrons. The standard InChI is InChI=1S/C14H19Cl2N/c1-9-3-6-13(10(2)7-9)17-14-8-11(15)4-5-12(14)16/h4-5,8-10,13,17H,3,6-7H2,1-2H3. The number of hydrogen-bond donors (Lipinski definition) is 1. The highest BCUT2D eigenvalue weighted by atomic mass is 35.5. The van der Waals surface area contributed by atoms with Crippen LogP contribution in [0.5, 0.6) is 0 Å². The lowest BCUT2D eigenvalue weighted by Gasteiger charge is -2.34. The van der Waals surface area contributed by atoms with Crippen molar-refractivity contribution in [2.45, 2.75) is 39.2 Å². The quantitative estimate of drug-likeness (QED) is 0.777. The van der Waals surface area contributed by atoms with E-state index in [1.54, 1.807) is 0 Å². The van der Waals surface area contributed by atoms with Crippen molar-refractivity contribution < 1.29 is 0 Å². The third-order valence-corrected chi connectivity index (χ3v) is 4.27. The Balaban J connectivity index is 2.07. The SMILES string of the molecule is CC1CCC(Nc2cc(Cl)ccc2Cl)C(C)C1. The molecular weight excluding hydrogens is 253 g/mol. The predicted octanol–water partition coefficient (Wildman–Crippen LogP) is 5.23. The Bertz CT molecular complexity index is 392. The number of benzene rings is 1. The monoisotopic (exact) mass is 271 g/mol. The zero-order valence-corrected chi connectivity index (χ0v) is 11.9. The molecule has 17 heavy (non-hydrogen) atoms. The van der Waals surface area contributed by atoms with E-state index in [9.17, 15) is 0 Å². The summed E-state index contributed by atoms with van der Waals surface area (Å²) in [5.74, 6) is 1.53.